The molecular weight excluding hydrogens is 479 g/mol. The third-order valence-corrected chi connectivity index (χ3v) is 7.51. The molecule has 0 radical (unpaired) electrons. The summed E-state index contributed by atoms with van der Waals surface area (Å²) in [6.45, 7) is 1.12. The summed E-state index contributed by atoms with van der Waals surface area (Å²) in [7, 11) is 0. The number of ether oxygens (including phenoxy) is 1. The fourth-order valence-corrected chi connectivity index (χ4v) is 5.53. The zero-order valence-corrected chi connectivity index (χ0v) is 19.4. The van der Waals surface area contributed by atoms with Crippen LogP contribution in [0, 0.1) is 11.7 Å². The molecule has 1 saturated carbocycles. The van der Waals surface area contributed by atoms with Crippen molar-refractivity contribution in [2.45, 2.75) is 56.7 Å². The first-order valence-electron chi connectivity index (χ1n) is 12.1. The Morgan fingerprint density at radius 3 is 2.69 bits per heavy atom. The summed E-state index contributed by atoms with van der Waals surface area (Å²) < 4.78 is 50.6. The van der Waals surface area contributed by atoms with Crippen LogP contribution in [0.3, 0.4) is 0 Å². The Morgan fingerprint density at radius 2 is 2.03 bits per heavy atom. The number of morpholine rings is 1. The molecule has 0 spiro atoms. The molecule has 3 aromatic rings. The number of halogens is 3. The number of nitrogens with one attached hydrogen (secondary N) is 1. The number of rotatable bonds is 6. The van der Waals surface area contributed by atoms with Gasteiger partial charge in [-0.05, 0) is 38.0 Å². The molecule has 6 rings (SSSR count). The minimum absolute atomic E-state index is 0.0199. The Kier molecular flexibility index (Phi) is 5.83. The third-order valence-electron chi connectivity index (χ3n) is 7.51. The van der Waals surface area contributed by atoms with E-state index < -0.39 is 23.8 Å². The van der Waals surface area contributed by atoms with Crippen LogP contribution in [-0.2, 0) is 4.74 Å². The van der Waals surface area contributed by atoms with Gasteiger partial charge in [0, 0.05) is 19.3 Å². The van der Waals surface area contributed by atoms with Crippen molar-refractivity contribution in [1.82, 2.24) is 24.4 Å². The second-order valence-corrected chi connectivity index (χ2v) is 9.76. The van der Waals surface area contributed by atoms with Crippen molar-refractivity contribution in [3.05, 3.63) is 35.7 Å². The molecule has 13 heteroatoms. The van der Waals surface area contributed by atoms with Gasteiger partial charge in [-0.15, -0.1) is 0 Å². The molecular formula is C23H26F3N7O3. The number of carbonyl (C=O) groups is 1. The first kappa shape index (κ1) is 23.2. The Bertz CT molecular complexity index is 1290. The van der Waals surface area contributed by atoms with E-state index in [1.54, 1.807) is 0 Å². The number of anilines is 2. The fraction of sp³-hybridized carbons (Fsp3) is 0.565. The minimum Gasteiger partial charge on any atom is -0.396 e. The third kappa shape index (κ3) is 3.99. The summed E-state index contributed by atoms with van der Waals surface area (Å²) in [4.78, 5) is 19.4. The van der Waals surface area contributed by atoms with Crippen LogP contribution in [-0.4, -0.2) is 67.3 Å². The Morgan fingerprint density at radius 1 is 1.22 bits per heavy atom. The molecule has 10 nitrogen and oxygen atoms in total. The standard InChI is InChI=1S/C23H26F3N7O3/c24-17-8-33-21(29-22(17)31-7-15-5-14(31)11-36-15)16(6-27-33)23(35)28-18-9-32(30-19(18)20(25)26)13-3-1-12(10-34)2-4-13/h6,8-9,12-15,20,34H,1-5,7,10-11H2,(H,28,35)/t12?,13?,14-,15-/m1/s1. The topological polar surface area (TPSA) is 110 Å². The summed E-state index contributed by atoms with van der Waals surface area (Å²) in [6, 6.07) is -0.0635. The Hall–Kier alpha value is -3.19. The largest absolute Gasteiger partial charge is 0.396 e. The SMILES string of the molecule is O=C(Nc1cn(C2CCC(CO)CC2)nc1C(F)F)c1cnn2cc(F)c(N3C[C@H]4C[C@@H]3CO4)nc12. The predicted octanol–water partition coefficient (Wildman–Crippen LogP) is 2.96. The van der Waals surface area contributed by atoms with Crippen molar-refractivity contribution < 1.29 is 27.8 Å². The van der Waals surface area contributed by atoms with Crippen LogP contribution in [0.4, 0.5) is 24.7 Å². The molecule has 3 fully saturated rings. The van der Waals surface area contributed by atoms with Crippen molar-refractivity contribution in [1.29, 1.82) is 0 Å². The minimum atomic E-state index is -2.88. The van der Waals surface area contributed by atoms with E-state index >= 15 is 0 Å². The smallest absolute Gasteiger partial charge is 0.284 e. The van der Waals surface area contributed by atoms with Gasteiger partial charge in [-0.25, -0.2) is 22.7 Å². The van der Waals surface area contributed by atoms with Crippen LogP contribution >= 0.6 is 0 Å². The van der Waals surface area contributed by atoms with Crippen LogP contribution in [0.5, 0.6) is 0 Å². The number of fused-ring (bicyclic) bond motifs is 3. The number of carbonyl (C=O) groups excluding carboxylic acids is 1. The van der Waals surface area contributed by atoms with Crippen molar-refractivity contribution in [2.75, 3.05) is 30.0 Å². The molecule has 192 valence electrons. The highest BCUT2D eigenvalue weighted by Gasteiger charge is 2.41. The van der Waals surface area contributed by atoms with Crippen molar-refractivity contribution in [2.24, 2.45) is 5.92 Å². The van der Waals surface area contributed by atoms with Gasteiger partial charge in [0.25, 0.3) is 12.3 Å². The van der Waals surface area contributed by atoms with Crippen molar-refractivity contribution in [3.8, 4) is 0 Å². The van der Waals surface area contributed by atoms with Crippen LogP contribution in [0.15, 0.2) is 18.6 Å². The number of aliphatic hydroxyl groups is 1. The van der Waals surface area contributed by atoms with Crippen molar-refractivity contribution in [3.63, 3.8) is 0 Å². The Balaban J connectivity index is 1.26. The maximum atomic E-state index is 14.8. The van der Waals surface area contributed by atoms with Gasteiger partial charge >= 0.3 is 0 Å². The predicted molar refractivity (Wildman–Crippen MR) is 122 cm³/mol. The zero-order chi connectivity index (χ0) is 25.0. The fourth-order valence-electron chi connectivity index (χ4n) is 5.53. The lowest BCUT2D eigenvalue weighted by atomic mass is 9.87. The van der Waals surface area contributed by atoms with Crippen LogP contribution in [0.1, 0.15) is 60.6 Å². The van der Waals surface area contributed by atoms with Crippen LogP contribution in [0.2, 0.25) is 0 Å². The van der Waals surface area contributed by atoms with Gasteiger partial charge in [0.05, 0.1) is 42.9 Å². The van der Waals surface area contributed by atoms with Crippen LogP contribution < -0.4 is 10.2 Å². The van der Waals surface area contributed by atoms with E-state index in [1.807, 2.05) is 4.90 Å². The monoisotopic (exact) mass is 505 g/mol. The highest BCUT2D eigenvalue weighted by atomic mass is 19.3. The van der Waals surface area contributed by atoms with Gasteiger partial charge in [-0.3, -0.25) is 9.48 Å². The summed E-state index contributed by atoms with van der Waals surface area (Å²) >= 11 is 0. The first-order chi connectivity index (χ1) is 17.4. The quantitative estimate of drug-likeness (QED) is 0.530. The van der Waals surface area contributed by atoms with Gasteiger partial charge in [0.2, 0.25) is 0 Å². The van der Waals surface area contributed by atoms with Gasteiger partial charge in [0.15, 0.2) is 23.0 Å². The molecule has 1 amide bonds. The average Bonchev–Trinajstić information content (AvgIpc) is 3.66. The van der Waals surface area contributed by atoms with E-state index in [4.69, 9.17) is 4.74 Å². The van der Waals surface area contributed by atoms with Gasteiger partial charge in [-0.1, -0.05) is 0 Å². The van der Waals surface area contributed by atoms with E-state index in [0.717, 1.165) is 30.0 Å². The first-order valence-corrected chi connectivity index (χ1v) is 12.1. The number of nitrogens with zero attached hydrogens (tertiary/aromatic N) is 6. The maximum absolute atomic E-state index is 14.8. The molecule has 0 aromatic carbocycles. The molecule has 2 atom stereocenters. The number of alkyl halides is 2. The molecule has 3 aliphatic rings. The van der Waals surface area contributed by atoms with E-state index in [2.05, 4.69) is 20.5 Å². The Labute approximate surface area is 204 Å². The average molecular weight is 506 g/mol. The molecule has 2 aliphatic heterocycles. The second-order valence-electron chi connectivity index (χ2n) is 9.76. The number of aromatic nitrogens is 5. The number of hydrogen-bond donors (Lipinski definition) is 2. The zero-order valence-electron chi connectivity index (χ0n) is 19.4. The second kappa shape index (κ2) is 9.04. The summed E-state index contributed by atoms with van der Waals surface area (Å²) in [5.74, 6) is -0.923. The summed E-state index contributed by atoms with van der Waals surface area (Å²) in [5, 5.41) is 20.0. The van der Waals surface area contributed by atoms with Crippen molar-refractivity contribution >= 4 is 23.1 Å². The van der Waals surface area contributed by atoms with E-state index in [-0.39, 0.29) is 53.4 Å². The molecule has 3 aromatic heterocycles. The molecule has 2 N–H and O–H groups in total. The van der Waals surface area contributed by atoms with Gasteiger partial charge in [0.1, 0.15) is 5.56 Å². The molecule has 2 bridgehead atoms. The van der Waals surface area contributed by atoms with E-state index in [1.165, 1.54) is 17.1 Å². The van der Waals surface area contributed by atoms with Gasteiger partial charge in [-0.2, -0.15) is 10.2 Å². The number of amides is 1. The van der Waals surface area contributed by atoms with Crippen LogP contribution in [0.25, 0.3) is 5.65 Å². The molecule has 1 aliphatic carbocycles. The summed E-state index contributed by atoms with van der Waals surface area (Å²) in [6.07, 6.45) is 4.74. The van der Waals surface area contributed by atoms with E-state index in [0.29, 0.717) is 26.0 Å². The number of hydrogen-bond acceptors (Lipinski definition) is 7. The lowest BCUT2D eigenvalue weighted by Gasteiger charge is -2.28. The molecule has 2 saturated heterocycles. The van der Waals surface area contributed by atoms with Gasteiger partial charge < -0.3 is 20.1 Å². The highest BCUT2D eigenvalue weighted by Crippen LogP contribution is 2.35. The highest BCUT2D eigenvalue weighted by molar-refractivity contribution is 6.08. The normalized spacial score (nSPS) is 25.9. The summed E-state index contributed by atoms with van der Waals surface area (Å²) in [5.41, 5.74) is -0.443. The maximum Gasteiger partial charge on any atom is 0.284 e. The van der Waals surface area contributed by atoms with E-state index in [9.17, 15) is 23.1 Å². The molecule has 0 unspecified atom stereocenters. The lowest BCUT2D eigenvalue weighted by Crippen LogP contribution is -2.38. The molecule has 36 heavy (non-hydrogen) atoms. The number of aliphatic hydroxyl groups excluding tert-OH is 1. The molecule has 5 heterocycles. The lowest BCUT2D eigenvalue weighted by molar-refractivity contribution is 0.0986.